The maximum absolute atomic E-state index is 14.5. The van der Waals surface area contributed by atoms with Crippen molar-refractivity contribution in [3.63, 3.8) is 0 Å². The van der Waals surface area contributed by atoms with Gasteiger partial charge < -0.3 is 9.13 Å². The number of hydrogen-bond acceptors (Lipinski definition) is 2. The fourth-order valence-electron chi connectivity index (χ4n) is 12.0. The first-order valence-corrected chi connectivity index (χ1v) is 27.1. The molecule has 0 N–H and O–H groups in total. The van der Waals surface area contributed by atoms with Crippen molar-refractivity contribution in [2.24, 2.45) is 0 Å². The molecule has 0 aliphatic rings. The van der Waals surface area contributed by atoms with Gasteiger partial charge in [0.15, 0.2) is 0 Å². The number of aromatic nitrogens is 2. The van der Waals surface area contributed by atoms with Crippen molar-refractivity contribution >= 4 is 43.6 Å². The smallest absolute Gasteiger partial charge is 0.308 e. The topological polar surface area (TPSA) is 57.4 Å². The monoisotopic (exact) mass is 1180 g/mol. The Morgan fingerprint density at radius 1 is 0.276 bits per heavy atom. The molecule has 87 heavy (non-hydrogen) atoms. The molecular weight excluding hydrogens is 1140 g/mol. The van der Waals surface area contributed by atoms with Gasteiger partial charge in [0.1, 0.15) is 11.6 Å². The molecule has 432 valence electrons. The Kier molecular flexibility index (Phi) is 13.6. The van der Waals surface area contributed by atoms with E-state index in [0.717, 1.165) is 48.5 Å². The van der Waals surface area contributed by atoms with E-state index >= 15 is 0 Å². The summed E-state index contributed by atoms with van der Waals surface area (Å²) >= 11 is 0. The van der Waals surface area contributed by atoms with Crippen LogP contribution in [0.1, 0.15) is 61.2 Å². The van der Waals surface area contributed by atoms with Crippen LogP contribution in [0.4, 0.5) is 52.7 Å². The lowest BCUT2D eigenvalue weighted by Crippen LogP contribution is -2.06. The molecule has 12 rings (SSSR count). The van der Waals surface area contributed by atoms with Gasteiger partial charge in [-0.1, -0.05) is 78.9 Å². The second-order valence-electron chi connectivity index (χ2n) is 22.1. The lowest BCUT2D eigenvalue weighted by atomic mass is 9.96. The molecule has 0 aliphatic heterocycles. The van der Waals surface area contributed by atoms with Crippen LogP contribution >= 0.6 is 0 Å². The number of nitrogens with zero attached hydrogens (tertiary/aromatic N) is 4. The second-order valence-corrected chi connectivity index (χ2v) is 22.1. The lowest BCUT2D eigenvalue weighted by molar-refractivity contribution is -0.138. The number of benzene rings is 10. The molecule has 16 heteroatoms. The van der Waals surface area contributed by atoms with Crippen LogP contribution in [0.25, 0.3) is 111 Å². The van der Waals surface area contributed by atoms with Crippen LogP contribution in [0.2, 0.25) is 0 Å². The number of nitriles is 2. The fraction of sp³-hybridized carbons (Fsp3) is 0.127. The summed E-state index contributed by atoms with van der Waals surface area (Å²) in [6.07, 6.45) is -18.9. The van der Waals surface area contributed by atoms with Gasteiger partial charge in [0.25, 0.3) is 0 Å². The van der Waals surface area contributed by atoms with Crippen molar-refractivity contribution in [1.29, 1.82) is 10.5 Å². The molecule has 0 atom stereocenters. The van der Waals surface area contributed by atoms with E-state index < -0.39 is 47.0 Å². The summed E-state index contributed by atoms with van der Waals surface area (Å²) < 4.78 is 177. The Hall–Kier alpha value is -10.1. The second kappa shape index (κ2) is 20.6. The largest absolute Gasteiger partial charge is 0.416 e. The van der Waals surface area contributed by atoms with E-state index in [0.29, 0.717) is 105 Å². The molecule has 4 nitrogen and oxygen atoms in total. The minimum atomic E-state index is -4.72. The SMILES string of the molecule is Cc1cc(C#N)cc(-c2cc(-n3c4cc(-c5cc(C)cc(C(F)(F)F)c5)ccc4c4ccc(-c5cc(C)cc(C(F)(F)F)c5)cc43)c(C#N)c(-n3c4cc(-c5cc(C)cc(C(F)(F)F)c5)ccc4c4ccc(-c5cc(C)cc(C(F)(F)F)c5)cc43)c2)c1. The Morgan fingerprint density at radius 3 is 0.782 bits per heavy atom. The predicted molar refractivity (Wildman–Crippen MR) is 315 cm³/mol. The first-order valence-electron chi connectivity index (χ1n) is 27.1. The van der Waals surface area contributed by atoms with Crippen LogP contribution in [0, 0.1) is 57.3 Å². The van der Waals surface area contributed by atoms with Gasteiger partial charge in [0.05, 0.1) is 67.3 Å². The summed E-state index contributed by atoms with van der Waals surface area (Å²) in [5.74, 6) is 0. The highest BCUT2D eigenvalue weighted by Gasteiger charge is 2.35. The average molecular weight is 1180 g/mol. The number of rotatable bonds is 7. The van der Waals surface area contributed by atoms with Gasteiger partial charge in [-0.25, -0.2) is 0 Å². The van der Waals surface area contributed by atoms with Crippen LogP contribution in [0.5, 0.6) is 0 Å². The molecule has 0 spiro atoms. The van der Waals surface area contributed by atoms with Crippen molar-refractivity contribution in [3.05, 3.63) is 237 Å². The summed E-state index contributed by atoms with van der Waals surface area (Å²) in [6, 6.07) is 47.8. The van der Waals surface area contributed by atoms with Gasteiger partial charge in [-0.15, -0.1) is 0 Å². The van der Waals surface area contributed by atoms with Gasteiger partial charge in [-0.05, 0) is 215 Å². The minimum absolute atomic E-state index is 0.0641. The molecule has 0 amide bonds. The molecule has 0 unspecified atom stereocenters. The molecule has 0 fully saturated rings. The molecule has 0 radical (unpaired) electrons. The lowest BCUT2D eigenvalue weighted by Gasteiger charge is -2.19. The van der Waals surface area contributed by atoms with Gasteiger partial charge in [-0.2, -0.15) is 63.2 Å². The zero-order valence-corrected chi connectivity index (χ0v) is 46.6. The van der Waals surface area contributed by atoms with Crippen LogP contribution in [0.3, 0.4) is 0 Å². The normalized spacial score (nSPS) is 12.4. The van der Waals surface area contributed by atoms with Crippen LogP contribution in [0.15, 0.2) is 176 Å². The van der Waals surface area contributed by atoms with E-state index in [-0.39, 0.29) is 44.8 Å². The molecule has 2 heterocycles. The van der Waals surface area contributed by atoms with Crippen molar-refractivity contribution < 1.29 is 52.7 Å². The molecule has 0 saturated heterocycles. The van der Waals surface area contributed by atoms with E-state index in [1.807, 2.05) is 0 Å². The highest BCUT2D eigenvalue weighted by molar-refractivity contribution is 6.13. The Morgan fingerprint density at radius 2 is 0.529 bits per heavy atom. The Balaban J connectivity index is 1.25. The number of fused-ring (bicyclic) bond motifs is 6. The summed E-state index contributed by atoms with van der Waals surface area (Å²) in [7, 11) is 0. The minimum Gasteiger partial charge on any atom is -0.308 e. The van der Waals surface area contributed by atoms with Crippen molar-refractivity contribution in [2.75, 3.05) is 0 Å². The third-order valence-corrected chi connectivity index (χ3v) is 15.7. The first-order chi connectivity index (χ1) is 41.0. The quantitative estimate of drug-likeness (QED) is 0.149. The molecule has 0 aliphatic carbocycles. The summed E-state index contributed by atoms with van der Waals surface area (Å²) in [4.78, 5) is 0. The molecular formula is C71H44F12N4. The number of alkyl halides is 12. The van der Waals surface area contributed by atoms with Gasteiger partial charge in [0.2, 0.25) is 0 Å². The van der Waals surface area contributed by atoms with E-state index in [2.05, 4.69) is 12.1 Å². The molecule has 0 bridgehead atoms. The average Bonchev–Trinajstić information content (AvgIpc) is 1.62. The van der Waals surface area contributed by atoms with E-state index in [1.54, 1.807) is 143 Å². The van der Waals surface area contributed by atoms with Crippen LogP contribution in [-0.2, 0) is 24.7 Å². The fourth-order valence-corrected chi connectivity index (χ4v) is 12.0. The zero-order chi connectivity index (χ0) is 62.0. The van der Waals surface area contributed by atoms with Crippen LogP contribution in [-0.4, -0.2) is 9.13 Å². The molecule has 2 aromatic heterocycles. The summed E-state index contributed by atoms with van der Waals surface area (Å²) in [5, 5.41) is 24.5. The van der Waals surface area contributed by atoms with Crippen molar-refractivity contribution in [2.45, 2.75) is 59.3 Å². The van der Waals surface area contributed by atoms with Gasteiger partial charge in [-0.3, -0.25) is 0 Å². The van der Waals surface area contributed by atoms with E-state index in [1.165, 1.54) is 27.7 Å². The van der Waals surface area contributed by atoms with Crippen molar-refractivity contribution in [3.8, 4) is 79.1 Å². The van der Waals surface area contributed by atoms with E-state index in [9.17, 15) is 63.2 Å². The number of halogens is 12. The zero-order valence-electron chi connectivity index (χ0n) is 46.6. The molecule has 10 aromatic carbocycles. The molecule has 12 aromatic rings. The van der Waals surface area contributed by atoms with E-state index in [4.69, 9.17) is 0 Å². The highest BCUT2D eigenvalue weighted by Crippen LogP contribution is 2.46. The number of aryl methyl sites for hydroxylation is 5. The standard InChI is InChI=1S/C71H44F12N4/c1-37-14-42(35-84)24-47(15-37)52-33-66(86-62-29-43(48-16-38(2)20-53(25-48)68(72,73)74)6-10-57(62)58-11-7-44(30-63(58)86)49-17-39(3)21-54(26-49)69(75,76)77)61(36-85)67(34-52)87-64-31-45(50-18-40(4)22-55(27-50)70(78,79)80)8-12-59(64)60-13-9-46(32-65(60)87)51-19-41(5)23-56(28-51)71(81,82)83/h6-34H,1-5H3. The summed E-state index contributed by atoms with van der Waals surface area (Å²) in [5.41, 5.74) is 3.17. The first kappa shape index (κ1) is 57.4. The Labute approximate surface area is 489 Å². The van der Waals surface area contributed by atoms with Crippen molar-refractivity contribution in [1.82, 2.24) is 9.13 Å². The molecule has 0 saturated carbocycles. The number of hydrogen-bond donors (Lipinski definition) is 0. The third kappa shape index (κ3) is 10.6. The highest BCUT2D eigenvalue weighted by atomic mass is 19.4. The Bertz CT molecular complexity index is 4450. The van der Waals surface area contributed by atoms with Crippen LogP contribution < -0.4 is 0 Å². The maximum Gasteiger partial charge on any atom is 0.416 e. The maximum atomic E-state index is 14.5. The van der Waals surface area contributed by atoms with Gasteiger partial charge >= 0.3 is 24.7 Å². The third-order valence-electron chi connectivity index (χ3n) is 15.7. The summed E-state index contributed by atoms with van der Waals surface area (Å²) in [6.45, 7) is 7.90. The van der Waals surface area contributed by atoms with Gasteiger partial charge in [0, 0.05) is 21.5 Å². The predicted octanol–water partition coefficient (Wildman–Crippen LogP) is 21.6.